The molecule has 1 atom stereocenters. The fourth-order valence-corrected chi connectivity index (χ4v) is 2.52. The number of rotatable bonds is 5. The van der Waals surface area contributed by atoms with Crippen LogP contribution in [-0.2, 0) is 0 Å². The van der Waals surface area contributed by atoms with Crippen LogP contribution in [-0.4, -0.2) is 16.1 Å². The Morgan fingerprint density at radius 3 is 2.95 bits per heavy atom. The van der Waals surface area contributed by atoms with Crippen molar-refractivity contribution in [3.8, 4) is 0 Å². The van der Waals surface area contributed by atoms with Gasteiger partial charge in [-0.05, 0) is 24.6 Å². The Balaban J connectivity index is 2.26. The van der Waals surface area contributed by atoms with Crippen LogP contribution in [0.5, 0.6) is 0 Å². The van der Waals surface area contributed by atoms with E-state index in [4.69, 9.17) is 10.8 Å². The van der Waals surface area contributed by atoms with Crippen molar-refractivity contribution in [2.45, 2.75) is 19.4 Å². The lowest BCUT2D eigenvalue weighted by Crippen LogP contribution is -2.11. The SMILES string of the molecule is CCC(Nc1cc(C(=O)O)ccc1N)c1nccs1. The number of carbonyl (C=O) groups is 1. The molecule has 2 aromatic rings. The van der Waals surface area contributed by atoms with Crippen molar-refractivity contribution < 1.29 is 9.90 Å². The summed E-state index contributed by atoms with van der Waals surface area (Å²) in [5, 5.41) is 15.1. The molecule has 1 aromatic heterocycles. The molecule has 0 bridgehead atoms. The summed E-state index contributed by atoms with van der Waals surface area (Å²) < 4.78 is 0. The van der Waals surface area contributed by atoms with Crippen LogP contribution in [0.25, 0.3) is 0 Å². The number of aromatic nitrogens is 1. The van der Waals surface area contributed by atoms with Crippen molar-refractivity contribution in [2.75, 3.05) is 11.1 Å². The number of thiazole rings is 1. The molecule has 0 spiro atoms. The first-order valence-corrected chi connectivity index (χ1v) is 6.78. The second-order valence-electron chi connectivity index (χ2n) is 4.08. The van der Waals surface area contributed by atoms with Crippen molar-refractivity contribution in [2.24, 2.45) is 0 Å². The summed E-state index contributed by atoms with van der Waals surface area (Å²) in [5.41, 5.74) is 7.24. The maximum absolute atomic E-state index is 11.0. The highest BCUT2D eigenvalue weighted by atomic mass is 32.1. The van der Waals surface area contributed by atoms with Crippen LogP contribution in [0.3, 0.4) is 0 Å². The number of nitrogen functional groups attached to an aromatic ring is 1. The second-order valence-corrected chi connectivity index (χ2v) is 5.01. The van der Waals surface area contributed by atoms with Gasteiger partial charge in [0.05, 0.1) is 23.0 Å². The van der Waals surface area contributed by atoms with Gasteiger partial charge >= 0.3 is 5.97 Å². The monoisotopic (exact) mass is 277 g/mol. The Hall–Kier alpha value is -2.08. The third kappa shape index (κ3) is 3.03. The number of anilines is 2. The molecular weight excluding hydrogens is 262 g/mol. The average Bonchev–Trinajstić information content (AvgIpc) is 2.91. The van der Waals surface area contributed by atoms with E-state index in [9.17, 15) is 4.79 Å². The average molecular weight is 277 g/mol. The van der Waals surface area contributed by atoms with Gasteiger partial charge in [-0.15, -0.1) is 11.3 Å². The lowest BCUT2D eigenvalue weighted by Gasteiger charge is -2.17. The summed E-state index contributed by atoms with van der Waals surface area (Å²) in [6.45, 7) is 2.04. The van der Waals surface area contributed by atoms with Crippen LogP contribution in [0.1, 0.15) is 34.8 Å². The van der Waals surface area contributed by atoms with Crippen LogP contribution >= 0.6 is 11.3 Å². The molecule has 0 fully saturated rings. The zero-order chi connectivity index (χ0) is 13.8. The Kier molecular flexibility index (Phi) is 4.01. The van der Waals surface area contributed by atoms with Gasteiger partial charge < -0.3 is 16.2 Å². The summed E-state index contributed by atoms with van der Waals surface area (Å²) >= 11 is 1.56. The van der Waals surface area contributed by atoms with E-state index >= 15 is 0 Å². The van der Waals surface area contributed by atoms with Gasteiger partial charge in [-0.1, -0.05) is 6.92 Å². The van der Waals surface area contributed by atoms with Gasteiger partial charge in [0, 0.05) is 11.6 Å². The third-order valence-corrected chi connectivity index (χ3v) is 3.68. The lowest BCUT2D eigenvalue weighted by atomic mass is 10.1. The quantitative estimate of drug-likeness (QED) is 0.731. The van der Waals surface area contributed by atoms with Crippen molar-refractivity contribution in [3.05, 3.63) is 40.3 Å². The van der Waals surface area contributed by atoms with Gasteiger partial charge in [-0.2, -0.15) is 0 Å². The third-order valence-electron chi connectivity index (χ3n) is 2.79. The minimum absolute atomic E-state index is 0.0337. The number of nitrogens with two attached hydrogens (primary N) is 1. The lowest BCUT2D eigenvalue weighted by molar-refractivity contribution is 0.0697. The van der Waals surface area contributed by atoms with Crippen LogP contribution in [0, 0.1) is 0 Å². The molecule has 0 radical (unpaired) electrons. The first-order valence-electron chi connectivity index (χ1n) is 5.90. The Morgan fingerprint density at radius 1 is 1.58 bits per heavy atom. The summed E-state index contributed by atoms with van der Waals surface area (Å²) in [4.78, 5) is 15.2. The van der Waals surface area contributed by atoms with Gasteiger partial charge in [0.15, 0.2) is 0 Å². The number of carboxylic acid groups (broad SMARTS) is 1. The summed E-state index contributed by atoms with van der Waals surface area (Å²) in [7, 11) is 0. The first-order chi connectivity index (χ1) is 9.11. The number of carboxylic acids is 1. The number of nitrogens with zero attached hydrogens (tertiary/aromatic N) is 1. The molecule has 0 aliphatic carbocycles. The summed E-state index contributed by atoms with van der Waals surface area (Å²) in [6, 6.07) is 4.67. The van der Waals surface area contributed by atoms with E-state index in [0.29, 0.717) is 11.4 Å². The van der Waals surface area contributed by atoms with E-state index in [0.717, 1.165) is 11.4 Å². The van der Waals surface area contributed by atoms with Gasteiger partial charge in [0.2, 0.25) is 0 Å². The number of hydrogen-bond acceptors (Lipinski definition) is 5. The predicted molar refractivity (Wildman–Crippen MR) is 76.6 cm³/mol. The van der Waals surface area contributed by atoms with Crippen LogP contribution in [0.4, 0.5) is 11.4 Å². The molecule has 100 valence electrons. The number of benzene rings is 1. The van der Waals surface area contributed by atoms with Crippen molar-refractivity contribution in [3.63, 3.8) is 0 Å². The van der Waals surface area contributed by atoms with Crippen molar-refractivity contribution >= 4 is 28.7 Å². The topological polar surface area (TPSA) is 88.2 Å². The molecule has 0 aliphatic heterocycles. The minimum atomic E-state index is -0.967. The molecule has 1 unspecified atom stereocenters. The first kappa shape index (κ1) is 13.4. The maximum Gasteiger partial charge on any atom is 0.335 e. The fourth-order valence-electron chi connectivity index (χ4n) is 1.75. The minimum Gasteiger partial charge on any atom is -0.478 e. The normalized spacial score (nSPS) is 12.1. The van der Waals surface area contributed by atoms with Crippen LogP contribution in [0.2, 0.25) is 0 Å². The fraction of sp³-hybridized carbons (Fsp3) is 0.231. The van der Waals surface area contributed by atoms with E-state index in [2.05, 4.69) is 10.3 Å². The zero-order valence-electron chi connectivity index (χ0n) is 10.5. The highest BCUT2D eigenvalue weighted by molar-refractivity contribution is 7.09. The predicted octanol–water partition coefficient (Wildman–Crippen LogP) is 2.99. The summed E-state index contributed by atoms with van der Waals surface area (Å²) in [5.74, 6) is -0.967. The van der Waals surface area contributed by atoms with E-state index in [1.165, 1.54) is 6.07 Å². The number of aromatic carboxylic acids is 1. The van der Waals surface area contributed by atoms with E-state index in [-0.39, 0.29) is 11.6 Å². The summed E-state index contributed by atoms with van der Waals surface area (Å²) in [6.07, 6.45) is 2.59. The molecule has 2 rings (SSSR count). The molecule has 1 heterocycles. The molecule has 5 nitrogen and oxygen atoms in total. The molecule has 19 heavy (non-hydrogen) atoms. The molecule has 6 heteroatoms. The van der Waals surface area contributed by atoms with Crippen LogP contribution in [0.15, 0.2) is 29.8 Å². The number of hydrogen-bond donors (Lipinski definition) is 3. The molecule has 0 saturated heterocycles. The molecule has 0 amide bonds. The maximum atomic E-state index is 11.0. The molecule has 0 saturated carbocycles. The van der Waals surface area contributed by atoms with Gasteiger partial charge in [-0.25, -0.2) is 9.78 Å². The van der Waals surface area contributed by atoms with Gasteiger partial charge in [-0.3, -0.25) is 0 Å². The van der Waals surface area contributed by atoms with Gasteiger partial charge in [0.25, 0.3) is 0 Å². The number of nitrogens with one attached hydrogen (secondary N) is 1. The molecule has 1 aromatic carbocycles. The zero-order valence-corrected chi connectivity index (χ0v) is 11.3. The van der Waals surface area contributed by atoms with Crippen molar-refractivity contribution in [1.82, 2.24) is 4.98 Å². The van der Waals surface area contributed by atoms with Crippen molar-refractivity contribution in [1.29, 1.82) is 0 Å². The Morgan fingerprint density at radius 2 is 2.37 bits per heavy atom. The molecule has 4 N–H and O–H groups in total. The molecule has 0 aliphatic rings. The molecular formula is C13H15N3O2S. The van der Waals surface area contributed by atoms with E-state index in [1.807, 2.05) is 12.3 Å². The standard InChI is InChI=1S/C13H15N3O2S/c1-2-10(12-15-5-6-19-12)16-11-7-8(13(17)18)3-4-9(11)14/h3-7,10,16H,2,14H2,1H3,(H,17,18). The second kappa shape index (κ2) is 5.71. The highest BCUT2D eigenvalue weighted by Gasteiger charge is 2.14. The largest absolute Gasteiger partial charge is 0.478 e. The Bertz CT molecular complexity index is 569. The smallest absolute Gasteiger partial charge is 0.335 e. The van der Waals surface area contributed by atoms with Gasteiger partial charge in [0.1, 0.15) is 5.01 Å². The Labute approximate surface area is 115 Å². The van der Waals surface area contributed by atoms with Crippen LogP contribution < -0.4 is 11.1 Å². The highest BCUT2D eigenvalue weighted by Crippen LogP contribution is 2.28. The van der Waals surface area contributed by atoms with E-state index in [1.54, 1.807) is 29.7 Å². The van der Waals surface area contributed by atoms with E-state index < -0.39 is 5.97 Å².